The molecule has 0 atom stereocenters. The summed E-state index contributed by atoms with van der Waals surface area (Å²) < 4.78 is 6.87. The Labute approximate surface area is 316 Å². The zero-order valence-electron chi connectivity index (χ0n) is 29.5. The second kappa shape index (κ2) is 11.8. The van der Waals surface area contributed by atoms with Crippen LogP contribution >= 0.6 is 0 Å². The second-order valence-electron chi connectivity index (χ2n) is 14.0. The molecule has 0 N–H and O–H groups in total. The number of nitriles is 2. The van der Waals surface area contributed by atoms with Crippen LogP contribution in [0.25, 0.3) is 93.6 Å². The third kappa shape index (κ3) is 4.45. The van der Waals surface area contributed by atoms with Crippen LogP contribution in [0.4, 0.5) is 0 Å². The molecule has 0 saturated heterocycles. The molecule has 0 spiro atoms. The van der Waals surface area contributed by atoms with Crippen LogP contribution in [0.5, 0.6) is 0 Å². The van der Waals surface area contributed by atoms with E-state index in [1.54, 1.807) is 0 Å². The zero-order valence-corrected chi connectivity index (χ0v) is 29.5. The Morgan fingerprint density at radius 2 is 0.873 bits per heavy atom. The first-order valence-corrected chi connectivity index (χ1v) is 18.3. The van der Waals surface area contributed by atoms with Gasteiger partial charge in [0.1, 0.15) is 6.07 Å². The lowest BCUT2D eigenvalue weighted by molar-refractivity contribution is 1.15. The van der Waals surface area contributed by atoms with Gasteiger partial charge in [0, 0.05) is 43.6 Å². The molecule has 3 aromatic heterocycles. The smallest absolute Gasteiger partial charge is 0.101 e. The van der Waals surface area contributed by atoms with E-state index in [0.29, 0.717) is 11.1 Å². The van der Waals surface area contributed by atoms with Crippen molar-refractivity contribution in [3.63, 3.8) is 0 Å². The van der Waals surface area contributed by atoms with Gasteiger partial charge in [0.2, 0.25) is 0 Å². The first-order chi connectivity index (χ1) is 27.2. The highest BCUT2D eigenvalue weighted by molar-refractivity contribution is 6.13. The highest BCUT2D eigenvalue weighted by atomic mass is 15.0. The van der Waals surface area contributed by atoms with E-state index in [4.69, 9.17) is 0 Å². The fourth-order valence-corrected chi connectivity index (χ4v) is 8.76. The number of hydrogen-bond donors (Lipinski definition) is 0. The van der Waals surface area contributed by atoms with Crippen molar-refractivity contribution in [3.8, 4) is 40.3 Å². The van der Waals surface area contributed by atoms with E-state index < -0.39 is 0 Å². The highest BCUT2D eigenvalue weighted by Gasteiger charge is 2.20. The molecule has 0 radical (unpaired) electrons. The predicted octanol–water partition coefficient (Wildman–Crippen LogP) is 12.4. The number of nitrogens with zero attached hydrogens (tertiary/aromatic N) is 5. The number of fused-ring (bicyclic) bond motifs is 9. The van der Waals surface area contributed by atoms with Gasteiger partial charge in [-0.15, -0.1) is 0 Å². The summed E-state index contributed by atoms with van der Waals surface area (Å²) in [5.41, 5.74) is 12.6. The number of para-hydroxylation sites is 5. The lowest BCUT2D eigenvalue weighted by Gasteiger charge is -2.16. The molecule has 254 valence electrons. The Hall–Kier alpha value is -7.86. The fourth-order valence-electron chi connectivity index (χ4n) is 8.76. The van der Waals surface area contributed by atoms with E-state index in [1.807, 2.05) is 18.2 Å². The van der Waals surface area contributed by atoms with Gasteiger partial charge in [-0.05, 0) is 78.4 Å². The molecule has 55 heavy (non-hydrogen) atoms. The van der Waals surface area contributed by atoms with Crippen LogP contribution in [-0.2, 0) is 0 Å². The van der Waals surface area contributed by atoms with Gasteiger partial charge in [0.05, 0.1) is 61.7 Å². The van der Waals surface area contributed by atoms with Gasteiger partial charge in [-0.3, -0.25) is 0 Å². The van der Waals surface area contributed by atoms with Gasteiger partial charge in [0.15, 0.2) is 0 Å². The Balaban J connectivity index is 1.14. The van der Waals surface area contributed by atoms with Crippen LogP contribution in [0.15, 0.2) is 176 Å². The standard InChI is InChI=1S/C50H29N5/c51-30-32-21-25-49-42(27-32)40-15-5-7-17-45(40)53(49)35-23-24-41-39-14-4-10-20-48(39)55(50(41)29-35)44-16-6-1-11-36(44)33-22-26-43(34(28-33)31-52)54-46-18-8-2-12-37(46)38-13-3-9-19-47(38)54/h1-29H. The molecule has 11 aromatic rings. The number of aromatic nitrogens is 3. The van der Waals surface area contributed by atoms with Gasteiger partial charge >= 0.3 is 0 Å². The van der Waals surface area contributed by atoms with Gasteiger partial charge < -0.3 is 13.7 Å². The van der Waals surface area contributed by atoms with Crippen LogP contribution in [0.3, 0.4) is 0 Å². The SMILES string of the molecule is N#Cc1ccc2c(c1)c1ccccc1n2-c1ccc2c3ccccc3n(-c3ccccc3-c3ccc(-n4c5ccccc5c5ccccc54)c(C#N)c3)c2c1. The summed E-state index contributed by atoms with van der Waals surface area (Å²) in [6.45, 7) is 0. The fraction of sp³-hybridized carbons (Fsp3) is 0. The summed E-state index contributed by atoms with van der Waals surface area (Å²) >= 11 is 0. The minimum absolute atomic E-state index is 0.606. The molecule has 8 aromatic carbocycles. The van der Waals surface area contributed by atoms with Crippen LogP contribution in [0.2, 0.25) is 0 Å². The quantitative estimate of drug-likeness (QED) is 0.184. The summed E-state index contributed by atoms with van der Waals surface area (Å²) in [6.07, 6.45) is 0. The van der Waals surface area contributed by atoms with E-state index in [2.05, 4.69) is 184 Å². The third-order valence-electron chi connectivity index (χ3n) is 11.1. The molecule has 0 aliphatic rings. The molecule has 5 heteroatoms. The van der Waals surface area contributed by atoms with Crippen LogP contribution in [-0.4, -0.2) is 13.7 Å². The van der Waals surface area contributed by atoms with Crippen molar-refractivity contribution in [2.75, 3.05) is 0 Å². The number of rotatable bonds is 4. The molecule has 5 nitrogen and oxygen atoms in total. The first-order valence-electron chi connectivity index (χ1n) is 18.3. The van der Waals surface area contributed by atoms with Crippen LogP contribution in [0.1, 0.15) is 11.1 Å². The van der Waals surface area contributed by atoms with Crippen molar-refractivity contribution in [2.24, 2.45) is 0 Å². The zero-order chi connectivity index (χ0) is 36.6. The van der Waals surface area contributed by atoms with Gasteiger partial charge in [-0.2, -0.15) is 10.5 Å². The highest BCUT2D eigenvalue weighted by Crippen LogP contribution is 2.40. The minimum atomic E-state index is 0.606. The van der Waals surface area contributed by atoms with Gasteiger partial charge in [-0.1, -0.05) is 103 Å². The molecule has 3 heterocycles. The summed E-state index contributed by atoms with van der Waals surface area (Å²) in [5.74, 6) is 0. The average molecular weight is 700 g/mol. The lowest BCUT2D eigenvalue weighted by atomic mass is 10.00. The Morgan fingerprint density at radius 1 is 0.345 bits per heavy atom. The van der Waals surface area contributed by atoms with Crippen LogP contribution < -0.4 is 0 Å². The van der Waals surface area contributed by atoms with Crippen molar-refractivity contribution in [1.82, 2.24) is 13.7 Å². The largest absolute Gasteiger partial charge is 0.309 e. The van der Waals surface area contributed by atoms with Crippen molar-refractivity contribution in [2.45, 2.75) is 0 Å². The molecule has 0 aliphatic heterocycles. The molecular weight excluding hydrogens is 671 g/mol. The first kappa shape index (κ1) is 30.7. The van der Waals surface area contributed by atoms with Gasteiger partial charge in [-0.25, -0.2) is 0 Å². The van der Waals surface area contributed by atoms with Crippen molar-refractivity contribution >= 4 is 65.4 Å². The number of hydrogen-bond acceptors (Lipinski definition) is 2. The second-order valence-corrected chi connectivity index (χ2v) is 14.0. The van der Waals surface area contributed by atoms with E-state index in [9.17, 15) is 10.5 Å². The van der Waals surface area contributed by atoms with E-state index >= 15 is 0 Å². The van der Waals surface area contributed by atoms with E-state index in [-0.39, 0.29) is 0 Å². The molecule has 0 saturated carbocycles. The summed E-state index contributed by atoms with van der Waals surface area (Å²) in [6, 6.07) is 66.0. The average Bonchev–Trinajstić information content (AvgIpc) is 3.88. The Kier molecular flexibility index (Phi) is 6.61. The molecule has 0 amide bonds. The summed E-state index contributed by atoms with van der Waals surface area (Å²) in [5, 5.41) is 27.2. The van der Waals surface area contributed by atoms with Crippen LogP contribution in [0, 0.1) is 22.7 Å². The maximum absolute atomic E-state index is 10.7. The lowest BCUT2D eigenvalue weighted by Crippen LogP contribution is -2.00. The topological polar surface area (TPSA) is 62.4 Å². The molecule has 0 bridgehead atoms. The maximum Gasteiger partial charge on any atom is 0.101 e. The summed E-state index contributed by atoms with van der Waals surface area (Å²) in [4.78, 5) is 0. The minimum Gasteiger partial charge on any atom is -0.309 e. The Morgan fingerprint density at radius 3 is 1.51 bits per heavy atom. The normalized spacial score (nSPS) is 11.6. The van der Waals surface area contributed by atoms with Crippen molar-refractivity contribution in [3.05, 3.63) is 187 Å². The van der Waals surface area contributed by atoms with E-state index in [1.165, 1.54) is 5.39 Å². The maximum atomic E-state index is 10.7. The van der Waals surface area contributed by atoms with Crippen molar-refractivity contribution < 1.29 is 0 Å². The monoisotopic (exact) mass is 699 g/mol. The molecule has 0 aliphatic carbocycles. The molecular formula is C50H29N5. The van der Waals surface area contributed by atoms with E-state index in [0.717, 1.165) is 88.2 Å². The third-order valence-corrected chi connectivity index (χ3v) is 11.1. The van der Waals surface area contributed by atoms with Crippen molar-refractivity contribution in [1.29, 1.82) is 10.5 Å². The summed E-state index contributed by atoms with van der Waals surface area (Å²) in [7, 11) is 0. The molecule has 0 unspecified atom stereocenters. The molecule has 0 fully saturated rings. The number of benzene rings is 8. The molecule has 11 rings (SSSR count). The predicted molar refractivity (Wildman–Crippen MR) is 224 cm³/mol. The van der Waals surface area contributed by atoms with Gasteiger partial charge in [0.25, 0.3) is 0 Å². The Bertz CT molecular complexity index is 3420.